The molecule has 1 saturated heterocycles. The Kier molecular flexibility index (Phi) is 7.04. The molecule has 0 spiro atoms. The third-order valence-electron chi connectivity index (χ3n) is 4.63. The van der Waals surface area contributed by atoms with Crippen LogP contribution in [0.4, 0.5) is 0 Å². The van der Waals surface area contributed by atoms with E-state index in [0.29, 0.717) is 6.54 Å². The summed E-state index contributed by atoms with van der Waals surface area (Å²) in [6, 6.07) is 13.6. The normalized spacial score (nSPS) is 16.8. The highest BCUT2D eigenvalue weighted by Crippen LogP contribution is 2.19. The lowest BCUT2D eigenvalue weighted by Gasteiger charge is -2.34. The van der Waals surface area contributed by atoms with Crippen LogP contribution in [0.3, 0.4) is 0 Å². The third-order valence-corrected chi connectivity index (χ3v) is 4.63. The SMILES string of the molecule is CCNC(=NCC(O)c1ccncc1)N1CCC(Oc2ccccc2)CC1. The van der Waals surface area contributed by atoms with Crippen molar-refractivity contribution in [3.8, 4) is 5.75 Å². The number of para-hydroxylation sites is 1. The average Bonchev–Trinajstić information content (AvgIpc) is 2.73. The summed E-state index contributed by atoms with van der Waals surface area (Å²) in [5.41, 5.74) is 0.833. The summed E-state index contributed by atoms with van der Waals surface area (Å²) in [6.07, 6.45) is 4.88. The first-order valence-corrected chi connectivity index (χ1v) is 9.59. The van der Waals surface area contributed by atoms with Crippen LogP contribution >= 0.6 is 0 Å². The van der Waals surface area contributed by atoms with Gasteiger partial charge in [0.25, 0.3) is 0 Å². The Bertz CT molecular complexity index is 701. The average molecular weight is 368 g/mol. The zero-order chi connectivity index (χ0) is 18.9. The summed E-state index contributed by atoms with van der Waals surface area (Å²) in [6.45, 7) is 4.95. The van der Waals surface area contributed by atoms with Crippen molar-refractivity contribution < 1.29 is 9.84 Å². The van der Waals surface area contributed by atoms with E-state index in [2.05, 4.69) is 27.1 Å². The maximum Gasteiger partial charge on any atom is 0.194 e. The van der Waals surface area contributed by atoms with Crippen LogP contribution in [0, 0.1) is 0 Å². The van der Waals surface area contributed by atoms with Gasteiger partial charge in [0.1, 0.15) is 11.9 Å². The summed E-state index contributed by atoms with van der Waals surface area (Å²) in [7, 11) is 0. The van der Waals surface area contributed by atoms with Crippen LogP contribution in [0.25, 0.3) is 0 Å². The maximum atomic E-state index is 10.3. The lowest BCUT2D eigenvalue weighted by molar-refractivity contribution is 0.129. The van der Waals surface area contributed by atoms with Crippen LogP contribution in [0.2, 0.25) is 0 Å². The van der Waals surface area contributed by atoms with Crippen LogP contribution in [-0.4, -0.2) is 53.2 Å². The van der Waals surface area contributed by atoms with E-state index >= 15 is 0 Å². The minimum absolute atomic E-state index is 0.230. The van der Waals surface area contributed by atoms with Crippen LogP contribution in [0.1, 0.15) is 31.4 Å². The van der Waals surface area contributed by atoms with Gasteiger partial charge in [-0.15, -0.1) is 0 Å². The molecule has 0 radical (unpaired) electrons. The molecule has 1 aliphatic rings. The van der Waals surface area contributed by atoms with Gasteiger partial charge in [0.15, 0.2) is 5.96 Å². The second-order valence-corrected chi connectivity index (χ2v) is 6.61. The van der Waals surface area contributed by atoms with Gasteiger partial charge in [-0.3, -0.25) is 9.98 Å². The van der Waals surface area contributed by atoms with Gasteiger partial charge in [-0.1, -0.05) is 18.2 Å². The van der Waals surface area contributed by atoms with E-state index in [4.69, 9.17) is 4.74 Å². The van der Waals surface area contributed by atoms with Crippen molar-refractivity contribution in [2.75, 3.05) is 26.2 Å². The fourth-order valence-electron chi connectivity index (χ4n) is 3.17. The van der Waals surface area contributed by atoms with Gasteiger partial charge in [-0.25, -0.2) is 0 Å². The van der Waals surface area contributed by atoms with E-state index in [1.54, 1.807) is 12.4 Å². The molecule has 3 rings (SSSR count). The highest BCUT2D eigenvalue weighted by atomic mass is 16.5. The van der Waals surface area contributed by atoms with Crippen molar-refractivity contribution in [2.45, 2.75) is 32.0 Å². The Hall–Kier alpha value is -2.60. The molecular formula is C21H28N4O2. The van der Waals surface area contributed by atoms with Crippen molar-refractivity contribution in [1.82, 2.24) is 15.2 Å². The van der Waals surface area contributed by atoms with Crippen LogP contribution in [0.15, 0.2) is 59.9 Å². The number of pyridine rings is 1. The molecule has 1 unspecified atom stereocenters. The topological polar surface area (TPSA) is 70.0 Å². The Labute approximate surface area is 160 Å². The summed E-state index contributed by atoms with van der Waals surface area (Å²) < 4.78 is 6.07. The number of benzene rings is 1. The molecule has 1 aromatic carbocycles. The van der Waals surface area contributed by atoms with Crippen molar-refractivity contribution in [1.29, 1.82) is 0 Å². The molecule has 1 aliphatic heterocycles. The molecule has 1 fully saturated rings. The number of rotatable bonds is 6. The van der Waals surface area contributed by atoms with E-state index in [-0.39, 0.29) is 6.10 Å². The number of hydrogen-bond donors (Lipinski definition) is 2. The van der Waals surface area contributed by atoms with E-state index in [9.17, 15) is 5.11 Å². The molecule has 6 nitrogen and oxygen atoms in total. The van der Waals surface area contributed by atoms with E-state index in [1.165, 1.54) is 0 Å². The number of aliphatic hydroxyl groups excluding tert-OH is 1. The first kappa shape index (κ1) is 19.2. The zero-order valence-electron chi connectivity index (χ0n) is 15.8. The number of nitrogens with one attached hydrogen (secondary N) is 1. The molecule has 2 heterocycles. The number of guanidine groups is 1. The maximum absolute atomic E-state index is 10.3. The number of hydrogen-bond acceptors (Lipinski definition) is 4. The molecule has 0 aliphatic carbocycles. The number of nitrogens with zero attached hydrogens (tertiary/aromatic N) is 3. The monoisotopic (exact) mass is 368 g/mol. The minimum atomic E-state index is -0.624. The van der Waals surface area contributed by atoms with E-state index in [1.807, 2.05) is 42.5 Å². The number of aliphatic imine (C=N–C) groups is 1. The molecule has 2 aromatic rings. The Morgan fingerprint density at radius 1 is 1.22 bits per heavy atom. The van der Waals surface area contributed by atoms with Gasteiger partial charge in [-0.2, -0.15) is 0 Å². The van der Waals surface area contributed by atoms with E-state index in [0.717, 1.165) is 49.7 Å². The summed E-state index contributed by atoms with van der Waals surface area (Å²) in [5.74, 6) is 1.78. The fourth-order valence-corrected chi connectivity index (χ4v) is 3.17. The highest BCUT2D eigenvalue weighted by molar-refractivity contribution is 5.80. The Morgan fingerprint density at radius 2 is 1.93 bits per heavy atom. The number of ether oxygens (including phenoxy) is 1. The summed E-state index contributed by atoms with van der Waals surface area (Å²) in [5, 5.41) is 13.7. The second-order valence-electron chi connectivity index (χ2n) is 6.61. The molecule has 144 valence electrons. The lowest BCUT2D eigenvalue weighted by atomic mass is 10.1. The van der Waals surface area contributed by atoms with Crippen molar-refractivity contribution in [2.24, 2.45) is 4.99 Å². The van der Waals surface area contributed by atoms with Crippen molar-refractivity contribution in [3.05, 3.63) is 60.4 Å². The number of aliphatic hydroxyl groups is 1. The minimum Gasteiger partial charge on any atom is -0.490 e. The van der Waals surface area contributed by atoms with Gasteiger partial charge >= 0.3 is 0 Å². The third kappa shape index (κ3) is 5.69. The fraction of sp³-hybridized carbons (Fsp3) is 0.429. The summed E-state index contributed by atoms with van der Waals surface area (Å²) >= 11 is 0. The zero-order valence-corrected chi connectivity index (χ0v) is 15.8. The van der Waals surface area contributed by atoms with Crippen molar-refractivity contribution in [3.63, 3.8) is 0 Å². The molecule has 27 heavy (non-hydrogen) atoms. The molecule has 0 amide bonds. The molecular weight excluding hydrogens is 340 g/mol. The van der Waals surface area contributed by atoms with Gasteiger partial charge < -0.3 is 20.1 Å². The number of piperidine rings is 1. The van der Waals surface area contributed by atoms with Gasteiger partial charge in [0.2, 0.25) is 0 Å². The van der Waals surface area contributed by atoms with Gasteiger partial charge in [0.05, 0.1) is 12.6 Å². The molecule has 6 heteroatoms. The lowest BCUT2D eigenvalue weighted by Crippen LogP contribution is -2.47. The van der Waals surface area contributed by atoms with Crippen molar-refractivity contribution >= 4 is 5.96 Å². The second kappa shape index (κ2) is 9.92. The van der Waals surface area contributed by atoms with Gasteiger partial charge in [-0.05, 0) is 36.8 Å². The first-order valence-electron chi connectivity index (χ1n) is 9.59. The van der Waals surface area contributed by atoms with Gasteiger partial charge in [0, 0.05) is 44.9 Å². The Morgan fingerprint density at radius 3 is 2.59 bits per heavy atom. The smallest absolute Gasteiger partial charge is 0.194 e. The Balaban J connectivity index is 1.54. The molecule has 1 aromatic heterocycles. The van der Waals surface area contributed by atoms with Crippen LogP contribution in [0.5, 0.6) is 5.75 Å². The van der Waals surface area contributed by atoms with Crippen LogP contribution < -0.4 is 10.1 Å². The van der Waals surface area contributed by atoms with E-state index < -0.39 is 6.10 Å². The largest absolute Gasteiger partial charge is 0.490 e. The van der Waals surface area contributed by atoms with Crippen LogP contribution in [-0.2, 0) is 0 Å². The quantitative estimate of drug-likeness (QED) is 0.606. The predicted molar refractivity (Wildman–Crippen MR) is 107 cm³/mol. The first-order chi connectivity index (χ1) is 13.3. The highest BCUT2D eigenvalue weighted by Gasteiger charge is 2.23. The standard InChI is InChI=1S/C21H28N4O2/c1-2-23-21(24-16-20(26)17-8-12-22-13-9-17)25-14-10-19(11-15-25)27-18-6-4-3-5-7-18/h3-9,12-13,19-20,26H,2,10-11,14-16H2,1H3,(H,23,24). The molecule has 1 atom stereocenters. The number of likely N-dealkylation sites (tertiary alicyclic amines) is 1. The number of aromatic nitrogens is 1. The summed E-state index contributed by atoms with van der Waals surface area (Å²) in [4.78, 5) is 10.9. The molecule has 0 bridgehead atoms. The molecule has 2 N–H and O–H groups in total. The molecule has 0 saturated carbocycles. The predicted octanol–water partition coefficient (Wildman–Crippen LogP) is 2.62.